The number of quaternary nitrogens is 1. The Labute approximate surface area is 389 Å². The molecule has 0 radical (unpaired) electrons. The number of ether oxygens (including phenoxy) is 2. The molecule has 0 aliphatic rings. The molecule has 2 unspecified atom stereocenters. The summed E-state index contributed by atoms with van der Waals surface area (Å²) in [5.41, 5.74) is 0. The van der Waals surface area contributed by atoms with Gasteiger partial charge in [-0.3, -0.25) is 18.6 Å². The van der Waals surface area contributed by atoms with Gasteiger partial charge in [0, 0.05) is 12.8 Å². The highest BCUT2D eigenvalue weighted by molar-refractivity contribution is 7.47. The predicted molar refractivity (Wildman–Crippen MR) is 266 cm³/mol. The van der Waals surface area contributed by atoms with Gasteiger partial charge in [-0.05, 0) is 44.9 Å². The molecule has 0 amide bonds. The fourth-order valence-corrected chi connectivity index (χ4v) is 8.13. The first kappa shape index (κ1) is 61.2. The third-order valence-electron chi connectivity index (χ3n) is 11.4. The monoisotopic (exact) mass is 911 g/mol. The van der Waals surface area contributed by atoms with E-state index in [4.69, 9.17) is 18.5 Å². The second kappa shape index (κ2) is 45.4. The molecule has 0 saturated carbocycles. The van der Waals surface area contributed by atoms with E-state index >= 15 is 0 Å². The van der Waals surface area contributed by atoms with Crippen LogP contribution in [0.15, 0.2) is 36.5 Å². The van der Waals surface area contributed by atoms with Gasteiger partial charge < -0.3 is 18.9 Å². The molecule has 0 aliphatic carbocycles. The summed E-state index contributed by atoms with van der Waals surface area (Å²) >= 11 is 0. The van der Waals surface area contributed by atoms with Crippen molar-refractivity contribution < 1.29 is 42.1 Å². The standard InChI is InChI=1S/C53H100NO8P/c1-6-8-10-12-14-16-18-20-21-22-23-24-25-26-27-28-29-30-31-32-34-35-37-39-41-43-45-52(55)59-49-51(50-61-63(57,58)60-48-47-54(3,4)5)62-53(56)46-44-42-40-38-36-33-19-17-15-13-11-9-7-2/h9,11,15,17,33,36,51H,6-8,10,12-14,16,18-32,34-35,37-50H2,1-5H3/p+1/b11-9-,17-15-,36-33-. The predicted octanol–water partition coefficient (Wildman–Crippen LogP) is 15.6. The van der Waals surface area contributed by atoms with E-state index in [1.54, 1.807) is 0 Å². The minimum absolute atomic E-state index is 0.0267. The summed E-state index contributed by atoms with van der Waals surface area (Å²) in [7, 11) is 1.46. The van der Waals surface area contributed by atoms with Gasteiger partial charge in [-0.25, -0.2) is 4.57 Å². The molecule has 0 aromatic heterocycles. The van der Waals surface area contributed by atoms with Crippen LogP contribution in [-0.2, 0) is 32.7 Å². The highest BCUT2D eigenvalue weighted by Crippen LogP contribution is 2.43. The summed E-state index contributed by atoms with van der Waals surface area (Å²) in [5, 5.41) is 0. The van der Waals surface area contributed by atoms with Crippen LogP contribution in [0.1, 0.15) is 239 Å². The van der Waals surface area contributed by atoms with Crippen molar-refractivity contribution in [3.05, 3.63) is 36.5 Å². The minimum atomic E-state index is -4.38. The van der Waals surface area contributed by atoms with Gasteiger partial charge in [0.25, 0.3) is 0 Å². The number of esters is 2. The Morgan fingerprint density at radius 2 is 0.905 bits per heavy atom. The molecule has 2 atom stereocenters. The molecule has 63 heavy (non-hydrogen) atoms. The van der Waals surface area contributed by atoms with Crippen LogP contribution >= 0.6 is 7.82 Å². The number of rotatable bonds is 48. The lowest BCUT2D eigenvalue weighted by molar-refractivity contribution is -0.870. The Kier molecular flexibility index (Phi) is 44.1. The molecular weight excluding hydrogens is 810 g/mol. The summed E-state index contributed by atoms with van der Waals surface area (Å²) in [6.45, 7) is 4.30. The Balaban J connectivity index is 4.10. The zero-order chi connectivity index (χ0) is 46.4. The Bertz CT molecular complexity index is 1170. The van der Waals surface area contributed by atoms with E-state index in [0.29, 0.717) is 17.4 Å². The van der Waals surface area contributed by atoms with Crippen molar-refractivity contribution in [3.8, 4) is 0 Å². The van der Waals surface area contributed by atoms with E-state index in [9.17, 15) is 19.0 Å². The van der Waals surface area contributed by atoms with Crippen LogP contribution in [0.25, 0.3) is 0 Å². The lowest BCUT2D eigenvalue weighted by Gasteiger charge is -2.24. The fourth-order valence-electron chi connectivity index (χ4n) is 7.38. The van der Waals surface area contributed by atoms with Crippen molar-refractivity contribution in [2.45, 2.75) is 245 Å². The van der Waals surface area contributed by atoms with Crippen molar-refractivity contribution >= 4 is 19.8 Å². The normalized spacial score (nSPS) is 13.7. The molecule has 10 heteroatoms. The molecule has 0 rings (SSSR count). The van der Waals surface area contributed by atoms with Crippen molar-refractivity contribution in [1.29, 1.82) is 0 Å². The number of phosphoric acid groups is 1. The maximum Gasteiger partial charge on any atom is 0.472 e. The number of allylic oxidation sites excluding steroid dienone is 6. The number of hydrogen-bond donors (Lipinski definition) is 1. The Morgan fingerprint density at radius 3 is 1.35 bits per heavy atom. The molecule has 9 nitrogen and oxygen atoms in total. The molecular formula is C53H101NO8P+. The number of unbranched alkanes of at least 4 members (excludes halogenated alkanes) is 28. The van der Waals surface area contributed by atoms with Crippen LogP contribution in [0, 0.1) is 0 Å². The number of nitrogens with zero attached hydrogens (tertiary/aromatic N) is 1. The molecule has 1 N–H and O–H groups in total. The van der Waals surface area contributed by atoms with Crippen LogP contribution in [0.3, 0.4) is 0 Å². The van der Waals surface area contributed by atoms with Gasteiger partial charge in [-0.1, -0.05) is 217 Å². The van der Waals surface area contributed by atoms with Crippen LogP contribution in [0.4, 0.5) is 0 Å². The van der Waals surface area contributed by atoms with E-state index < -0.39 is 26.5 Å². The number of carbonyl (C=O) groups is 2. The second-order valence-corrected chi connectivity index (χ2v) is 20.3. The Hall–Kier alpha value is -1.77. The van der Waals surface area contributed by atoms with E-state index in [1.165, 1.54) is 148 Å². The highest BCUT2D eigenvalue weighted by atomic mass is 31.2. The van der Waals surface area contributed by atoms with E-state index in [2.05, 4.69) is 50.3 Å². The number of hydrogen-bond acceptors (Lipinski definition) is 7. The largest absolute Gasteiger partial charge is 0.472 e. The number of likely N-dealkylation sites (N-methyl/N-ethyl adjacent to an activating group) is 1. The average molecular weight is 911 g/mol. The topological polar surface area (TPSA) is 108 Å². The molecule has 370 valence electrons. The SMILES string of the molecule is CC/C=C\C/C=C\C/C=C\CCCCCC(=O)OC(COC(=O)CCCCCCCCCCCCCCCCCCCCCCCCCCCC)COP(=O)(O)OCC[N+](C)(C)C. The van der Waals surface area contributed by atoms with Crippen molar-refractivity contribution in [2.75, 3.05) is 47.5 Å². The summed E-state index contributed by atoms with van der Waals surface area (Å²) in [4.78, 5) is 35.5. The molecule has 0 aliphatic heterocycles. The first-order chi connectivity index (χ1) is 30.5. The van der Waals surface area contributed by atoms with Gasteiger partial charge in [0.2, 0.25) is 0 Å². The fraction of sp³-hybridized carbons (Fsp3) is 0.849. The third-order valence-corrected chi connectivity index (χ3v) is 12.4. The lowest BCUT2D eigenvalue weighted by Crippen LogP contribution is -2.37. The molecule has 0 heterocycles. The van der Waals surface area contributed by atoms with Gasteiger partial charge in [-0.2, -0.15) is 0 Å². The summed E-state index contributed by atoms with van der Waals surface area (Å²) in [6.07, 6.45) is 53.7. The molecule has 0 bridgehead atoms. The summed E-state index contributed by atoms with van der Waals surface area (Å²) in [5.74, 6) is -0.824. The molecule has 0 saturated heterocycles. The van der Waals surface area contributed by atoms with Gasteiger partial charge in [0.05, 0.1) is 27.7 Å². The first-order valence-corrected chi connectivity index (χ1v) is 27.7. The van der Waals surface area contributed by atoms with Crippen LogP contribution < -0.4 is 0 Å². The third kappa shape index (κ3) is 49.5. The second-order valence-electron chi connectivity index (χ2n) is 18.9. The maximum atomic E-state index is 12.7. The maximum absolute atomic E-state index is 12.7. The minimum Gasteiger partial charge on any atom is -0.462 e. The van der Waals surface area contributed by atoms with Gasteiger partial charge >= 0.3 is 19.8 Å². The van der Waals surface area contributed by atoms with Crippen molar-refractivity contribution in [3.63, 3.8) is 0 Å². The van der Waals surface area contributed by atoms with E-state index in [1.807, 2.05) is 21.1 Å². The quantitative estimate of drug-likeness (QED) is 0.0211. The highest BCUT2D eigenvalue weighted by Gasteiger charge is 2.27. The number of carbonyl (C=O) groups excluding carboxylic acids is 2. The van der Waals surface area contributed by atoms with E-state index in [-0.39, 0.29) is 32.0 Å². The van der Waals surface area contributed by atoms with Crippen LogP contribution in [-0.4, -0.2) is 74.9 Å². The molecule has 0 aromatic carbocycles. The average Bonchev–Trinajstić information content (AvgIpc) is 3.24. The van der Waals surface area contributed by atoms with Crippen molar-refractivity contribution in [2.24, 2.45) is 0 Å². The van der Waals surface area contributed by atoms with Crippen LogP contribution in [0.2, 0.25) is 0 Å². The zero-order valence-corrected chi connectivity index (χ0v) is 42.7. The molecule has 0 aromatic rings. The van der Waals surface area contributed by atoms with E-state index in [0.717, 1.165) is 57.8 Å². The summed E-state index contributed by atoms with van der Waals surface area (Å²) in [6, 6.07) is 0. The molecule has 0 fully saturated rings. The Morgan fingerprint density at radius 1 is 0.508 bits per heavy atom. The van der Waals surface area contributed by atoms with Crippen molar-refractivity contribution in [1.82, 2.24) is 0 Å². The van der Waals surface area contributed by atoms with Gasteiger partial charge in [0.1, 0.15) is 19.8 Å². The lowest BCUT2D eigenvalue weighted by atomic mass is 10.0. The zero-order valence-electron chi connectivity index (χ0n) is 41.8. The van der Waals surface area contributed by atoms with Crippen LogP contribution in [0.5, 0.6) is 0 Å². The molecule has 0 spiro atoms. The van der Waals surface area contributed by atoms with Gasteiger partial charge in [-0.15, -0.1) is 0 Å². The smallest absolute Gasteiger partial charge is 0.462 e. The first-order valence-electron chi connectivity index (χ1n) is 26.2. The summed E-state index contributed by atoms with van der Waals surface area (Å²) < 4.78 is 34.4. The van der Waals surface area contributed by atoms with Gasteiger partial charge in [0.15, 0.2) is 6.10 Å². The number of phosphoric ester groups is 1.